The molecule has 4 aromatic carbocycles. The monoisotopic (exact) mass is 772 g/mol. The van der Waals surface area contributed by atoms with Crippen molar-refractivity contribution in [3.63, 3.8) is 0 Å². The fourth-order valence-electron chi connectivity index (χ4n) is 7.04. The molecule has 0 unspecified atom stereocenters. The SMILES string of the molecule is CCOCc1cc(C(C)(C)c2ccc(C(C)(c3cc(COCC)c(O)c(COCC)c3)c3cc(COCC)c(O)c(COCC)c3)cc2)cc(COCC)c1O. The van der Waals surface area contributed by atoms with Crippen LogP contribution < -0.4 is 0 Å². The number of hydrogen-bond donors (Lipinski definition) is 3. The largest absolute Gasteiger partial charge is 0.507 e. The van der Waals surface area contributed by atoms with Gasteiger partial charge in [0.1, 0.15) is 17.2 Å². The summed E-state index contributed by atoms with van der Waals surface area (Å²) in [5, 5.41) is 34.0. The van der Waals surface area contributed by atoms with Gasteiger partial charge in [0.25, 0.3) is 0 Å². The number of benzene rings is 4. The van der Waals surface area contributed by atoms with Crippen LogP contribution in [0.1, 0.15) is 124 Å². The molecular formula is C47H64O9. The molecule has 306 valence electrons. The molecule has 0 aliphatic rings. The second kappa shape index (κ2) is 21.0. The molecule has 0 radical (unpaired) electrons. The lowest BCUT2D eigenvalue weighted by molar-refractivity contribution is 0.125. The van der Waals surface area contributed by atoms with E-state index in [-0.39, 0.29) is 43.7 Å². The third-order valence-electron chi connectivity index (χ3n) is 10.6. The Morgan fingerprint density at radius 2 is 0.589 bits per heavy atom. The zero-order valence-corrected chi connectivity index (χ0v) is 35.0. The molecule has 0 aliphatic carbocycles. The molecule has 0 bridgehead atoms. The Morgan fingerprint density at radius 1 is 0.357 bits per heavy atom. The number of hydrogen-bond acceptors (Lipinski definition) is 9. The minimum atomic E-state index is -0.790. The van der Waals surface area contributed by atoms with Gasteiger partial charge in [0.2, 0.25) is 0 Å². The summed E-state index contributed by atoms with van der Waals surface area (Å²) in [5.41, 5.74) is 7.88. The van der Waals surface area contributed by atoms with Gasteiger partial charge in [-0.05, 0) is 113 Å². The first-order valence-corrected chi connectivity index (χ1v) is 20.0. The van der Waals surface area contributed by atoms with Gasteiger partial charge in [-0.15, -0.1) is 0 Å². The average Bonchev–Trinajstić information content (AvgIpc) is 3.20. The Labute approximate surface area is 334 Å². The van der Waals surface area contributed by atoms with E-state index in [1.165, 1.54) is 0 Å². The lowest BCUT2D eigenvalue weighted by Gasteiger charge is -2.35. The highest BCUT2D eigenvalue weighted by molar-refractivity contribution is 5.58. The van der Waals surface area contributed by atoms with Crippen LogP contribution in [0.4, 0.5) is 0 Å². The first-order chi connectivity index (χ1) is 26.9. The maximum atomic E-state index is 11.4. The molecule has 0 aliphatic heterocycles. The van der Waals surface area contributed by atoms with Crippen molar-refractivity contribution < 1.29 is 43.7 Å². The fraction of sp³-hybridized carbons (Fsp3) is 0.489. The highest BCUT2D eigenvalue weighted by Crippen LogP contribution is 2.45. The van der Waals surface area contributed by atoms with Crippen molar-refractivity contribution in [1.29, 1.82) is 0 Å². The van der Waals surface area contributed by atoms with Crippen LogP contribution in [-0.4, -0.2) is 55.0 Å². The molecule has 0 spiro atoms. The molecule has 4 rings (SSSR count). The van der Waals surface area contributed by atoms with Gasteiger partial charge in [-0.1, -0.05) is 38.1 Å². The van der Waals surface area contributed by atoms with Crippen molar-refractivity contribution in [2.75, 3.05) is 39.6 Å². The Balaban J connectivity index is 1.97. The van der Waals surface area contributed by atoms with E-state index in [1.54, 1.807) is 0 Å². The summed E-state index contributed by atoms with van der Waals surface area (Å²) in [4.78, 5) is 0. The zero-order valence-electron chi connectivity index (χ0n) is 35.0. The number of phenolic OH excluding ortho intramolecular Hbond substituents is 3. The van der Waals surface area contributed by atoms with E-state index < -0.39 is 10.8 Å². The van der Waals surface area contributed by atoms with Gasteiger partial charge in [0.15, 0.2) is 0 Å². The van der Waals surface area contributed by atoms with E-state index in [9.17, 15) is 15.3 Å². The highest BCUT2D eigenvalue weighted by Gasteiger charge is 2.35. The molecule has 0 amide bonds. The van der Waals surface area contributed by atoms with Crippen molar-refractivity contribution in [2.24, 2.45) is 0 Å². The van der Waals surface area contributed by atoms with Crippen LogP contribution in [0.3, 0.4) is 0 Å². The van der Waals surface area contributed by atoms with Gasteiger partial charge >= 0.3 is 0 Å². The first-order valence-electron chi connectivity index (χ1n) is 20.0. The summed E-state index contributed by atoms with van der Waals surface area (Å²) in [7, 11) is 0. The van der Waals surface area contributed by atoms with E-state index in [2.05, 4.69) is 45.0 Å². The van der Waals surface area contributed by atoms with E-state index in [1.807, 2.05) is 77.9 Å². The summed E-state index contributed by atoms with van der Waals surface area (Å²) >= 11 is 0. The van der Waals surface area contributed by atoms with E-state index >= 15 is 0 Å². The van der Waals surface area contributed by atoms with Gasteiger partial charge in [0.05, 0.1) is 39.6 Å². The summed E-state index contributed by atoms with van der Waals surface area (Å²) in [5.74, 6) is 0.535. The summed E-state index contributed by atoms with van der Waals surface area (Å²) in [6.45, 7) is 22.8. The normalized spacial score (nSPS) is 12.1. The lowest BCUT2D eigenvalue weighted by Crippen LogP contribution is -2.27. The molecule has 0 atom stereocenters. The first kappa shape index (κ1) is 44.8. The minimum Gasteiger partial charge on any atom is -0.507 e. The zero-order chi connectivity index (χ0) is 40.9. The van der Waals surface area contributed by atoms with Crippen molar-refractivity contribution in [3.8, 4) is 17.2 Å². The Morgan fingerprint density at radius 3 is 0.839 bits per heavy atom. The fourth-order valence-corrected chi connectivity index (χ4v) is 7.04. The molecule has 9 heteroatoms. The van der Waals surface area contributed by atoms with Gasteiger partial charge in [-0.3, -0.25) is 0 Å². The van der Waals surface area contributed by atoms with Crippen LogP contribution in [0, 0.1) is 0 Å². The molecule has 3 N–H and O–H groups in total. The number of rotatable bonds is 23. The average molecular weight is 773 g/mol. The second-order valence-electron chi connectivity index (χ2n) is 14.6. The van der Waals surface area contributed by atoms with Gasteiger partial charge in [0, 0.05) is 83.9 Å². The Bertz CT molecular complexity index is 1690. The third kappa shape index (κ3) is 10.3. The molecule has 0 saturated heterocycles. The lowest BCUT2D eigenvalue weighted by atomic mass is 9.68. The summed E-state index contributed by atoms with van der Waals surface area (Å²) in [6, 6.07) is 20.8. The Hall–Kier alpha value is -3.96. The van der Waals surface area contributed by atoms with Crippen molar-refractivity contribution in [3.05, 3.63) is 122 Å². The topological polar surface area (TPSA) is 116 Å². The minimum absolute atomic E-state index is 0.163. The Kier molecular flexibility index (Phi) is 16.8. The maximum absolute atomic E-state index is 11.4. The molecule has 0 aromatic heterocycles. The summed E-state index contributed by atoms with van der Waals surface area (Å²) in [6.07, 6.45) is 0. The predicted molar refractivity (Wildman–Crippen MR) is 220 cm³/mol. The molecule has 9 nitrogen and oxygen atoms in total. The maximum Gasteiger partial charge on any atom is 0.126 e. The third-order valence-corrected chi connectivity index (χ3v) is 10.6. The molecule has 4 aromatic rings. The second-order valence-corrected chi connectivity index (χ2v) is 14.6. The van der Waals surface area contributed by atoms with Crippen molar-refractivity contribution >= 4 is 0 Å². The van der Waals surface area contributed by atoms with E-state index in [0.29, 0.717) is 75.1 Å². The van der Waals surface area contributed by atoms with Crippen LogP contribution in [0.2, 0.25) is 0 Å². The van der Waals surface area contributed by atoms with Gasteiger partial charge in [-0.25, -0.2) is 0 Å². The molecule has 0 saturated carbocycles. The number of aromatic hydroxyl groups is 3. The molecular weight excluding hydrogens is 709 g/mol. The van der Waals surface area contributed by atoms with Crippen LogP contribution in [-0.2, 0) is 78.9 Å². The van der Waals surface area contributed by atoms with E-state index in [0.717, 1.165) is 38.9 Å². The smallest absolute Gasteiger partial charge is 0.126 e. The van der Waals surface area contributed by atoms with Crippen molar-refractivity contribution in [2.45, 2.75) is 113 Å². The van der Waals surface area contributed by atoms with Crippen molar-refractivity contribution in [1.82, 2.24) is 0 Å². The molecule has 56 heavy (non-hydrogen) atoms. The quantitative estimate of drug-likeness (QED) is 0.0634. The number of phenols is 3. The van der Waals surface area contributed by atoms with Crippen LogP contribution in [0.25, 0.3) is 0 Å². The van der Waals surface area contributed by atoms with Gasteiger partial charge in [-0.2, -0.15) is 0 Å². The van der Waals surface area contributed by atoms with E-state index in [4.69, 9.17) is 28.4 Å². The molecule has 0 fully saturated rings. The highest BCUT2D eigenvalue weighted by atomic mass is 16.5. The summed E-state index contributed by atoms with van der Waals surface area (Å²) < 4.78 is 34.9. The predicted octanol–water partition coefficient (Wildman–Crippen LogP) is 9.70. The van der Waals surface area contributed by atoms with Crippen LogP contribution in [0.15, 0.2) is 60.7 Å². The van der Waals surface area contributed by atoms with Gasteiger partial charge < -0.3 is 43.7 Å². The van der Waals surface area contributed by atoms with Crippen LogP contribution >= 0.6 is 0 Å². The molecule has 0 heterocycles. The standard InChI is InChI=1S/C47H64O9/c1-10-51-26-32-20-40(21-33(43(32)48)27-52-11-2)46(7,8)38-16-18-39(19-17-38)47(9,41-22-34(28-53-12-3)44(49)35(23-41)29-54-13-4)42-24-36(30-55-14-5)45(50)37(25-42)31-56-15-6/h16-25,48-50H,10-15,26-31H2,1-9H3. The van der Waals surface area contributed by atoms with Crippen LogP contribution in [0.5, 0.6) is 17.2 Å². The number of ether oxygens (including phenoxy) is 6.